The van der Waals surface area contributed by atoms with Crippen LogP contribution in [0, 0.1) is 0 Å². The number of anilines is 1. The molecule has 31 heavy (non-hydrogen) atoms. The molecule has 2 amide bonds. The molecule has 0 bridgehead atoms. The molecule has 158 valence electrons. The van der Waals surface area contributed by atoms with Crippen LogP contribution in [0.4, 0.5) is 23.7 Å². The first kappa shape index (κ1) is 20.0. The van der Waals surface area contributed by atoms with Gasteiger partial charge in [-0.25, -0.2) is 29.1 Å². The third-order valence-electron chi connectivity index (χ3n) is 4.16. The fraction of sp³-hybridized carbons (Fsp3) is 0.111. The van der Waals surface area contributed by atoms with Crippen LogP contribution < -0.4 is 10.6 Å². The number of alkyl halides is 3. The maximum absolute atomic E-state index is 13.5. The predicted octanol–water partition coefficient (Wildman–Crippen LogP) is 2.58. The number of halogens is 3. The number of nitrogens with zero attached hydrogens (tertiary/aromatic N) is 7. The normalized spacial score (nSPS) is 11.3. The Balaban J connectivity index is 1.43. The predicted molar refractivity (Wildman–Crippen MR) is 101 cm³/mol. The molecule has 3 aromatic heterocycles. The fourth-order valence-corrected chi connectivity index (χ4v) is 2.69. The number of nitrogens with one attached hydrogen (secondary N) is 2. The van der Waals surface area contributed by atoms with Crippen molar-refractivity contribution in [2.75, 3.05) is 5.32 Å². The number of urea groups is 1. The number of hydrogen-bond donors (Lipinski definition) is 2. The number of pyridine rings is 1. The summed E-state index contributed by atoms with van der Waals surface area (Å²) < 4.78 is 43.1. The molecule has 4 aromatic rings. The van der Waals surface area contributed by atoms with Crippen LogP contribution in [0.1, 0.15) is 11.1 Å². The maximum atomic E-state index is 13.5. The van der Waals surface area contributed by atoms with Crippen molar-refractivity contribution < 1.29 is 18.0 Å². The van der Waals surface area contributed by atoms with Gasteiger partial charge < -0.3 is 10.6 Å². The van der Waals surface area contributed by atoms with Gasteiger partial charge in [-0.2, -0.15) is 23.4 Å². The van der Waals surface area contributed by atoms with Gasteiger partial charge in [-0.1, -0.05) is 6.07 Å². The van der Waals surface area contributed by atoms with E-state index < -0.39 is 17.8 Å². The third-order valence-corrected chi connectivity index (χ3v) is 4.16. The summed E-state index contributed by atoms with van der Waals surface area (Å²) in [6.07, 6.45) is 2.18. The van der Waals surface area contributed by atoms with E-state index in [-0.39, 0.29) is 17.9 Å². The zero-order valence-electron chi connectivity index (χ0n) is 15.7. The highest BCUT2D eigenvalue weighted by Gasteiger charge is 2.34. The number of benzene rings is 1. The van der Waals surface area contributed by atoms with Crippen LogP contribution in [0.25, 0.3) is 11.5 Å². The van der Waals surface area contributed by atoms with Crippen LogP contribution in [-0.4, -0.2) is 40.5 Å². The van der Waals surface area contributed by atoms with Gasteiger partial charge in [0.1, 0.15) is 25.3 Å². The van der Waals surface area contributed by atoms with Gasteiger partial charge in [-0.3, -0.25) is 0 Å². The van der Waals surface area contributed by atoms with Gasteiger partial charge in [0, 0.05) is 12.7 Å². The molecule has 0 spiro atoms. The molecule has 0 aliphatic heterocycles. The number of rotatable bonds is 5. The van der Waals surface area contributed by atoms with Crippen LogP contribution in [0.2, 0.25) is 0 Å². The van der Waals surface area contributed by atoms with E-state index in [0.29, 0.717) is 11.4 Å². The van der Waals surface area contributed by atoms with Crippen molar-refractivity contribution in [3.05, 3.63) is 73.0 Å². The quantitative estimate of drug-likeness (QED) is 0.504. The Hall–Kier alpha value is -4.29. The summed E-state index contributed by atoms with van der Waals surface area (Å²) in [6, 6.07) is 6.03. The highest BCUT2D eigenvalue weighted by molar-refractivity contribution is 5.90. The van der Waals surface area contributed by atoms with E-state index in [9.17, 15) is 18.0 Å². The van der Waals surface area contributed by atoms with Gasteiger partial charge in [0.15, 0.2) is 5.82 Å². The van der Waals surface area contributed by atoms with Crippen molar-refractivity contribution in [2.24, 2.45) is 0 Å². The van der Waals surface area contributed by atoms with Crippen molar-refractivity contribution in [3.8, 4) is 11.5 Å². The van der Waals surface area contributed by atoms with E-state index in [4.69, 9.17) is 0 Å². The molecule has 3 heterocycles. The second kappa shape index (κ2) is 8.22. The van der Waals surface area contributed by atoms with Crippen molar-refractivity contribution in [1.82, 2.24) is 39.8 Å². The van der Waals surface area contributed by atoms with Crippen molar-refractivity contribution in [1.29, 1.82) is 0 Å². The summed E-state index contributed by atoms with van der Waals surface area (Å²) in [5.74, 6) is 0.535. The summed E-state index contributed by atoms with van der Waals surface area (Å²) in [5.41, 5.74) is -0.575. The summed E-state index contributed by atoms with van der Waals surface area (Å²) >= 11 is 0. The third kappa shape index (κ3) is 4.66. The Bertz CT molecular complexity index is 1160. The summed E-state index contributed by atoms with van der Waals surface area (Å²) in [5, 5.41) is 12.5. The molecule has 1 aromatic carbocycles. The molecule has 0 radical (unpaired) electrons. The standard InChI is InChI=1S/C18H14F3N9O/c19-18(20,21)14-5-13(29-10-22-8-26-29)2-3-15(14)28-17(31)25-7-12-1-4-16(24-6-12)30-11-23-9-27-30/h1-6,8-11H,7H2,(H2,25,28,31). The number of carbonyl (C=O) groups is 1. The Morgan fingerprint density at radius 1 is 1.00 bits per heavy atom. The van der Waals surface area contributed by atoms with Crippen LogP contribution in [-0.2, 0) is 12.7 Å². The van der Waals surface area contributed by atoms with Crippen LogP contribution >= 0.6 is 0 Å². The van der Waals surface area contributed by atoms with Crippen molar-refractivity contribution in [3.63, 3.8) is 0 Å². The molecule has 10 nitrogen and oxygen atoms in total. The summed E-state index contributed by atoms with van der Waals surface area (Å²) in [7, 11) is 0. The smallest absolute Gasteiger partial charge is 0.334 e. The first-order valence-corrected chi connectivity index (χ1v) is 8.81. The molecule has 0 saturated heterocycles. The van der Waals surface area contributed by atoms with E-state index in [1.165, 1.54) is 46.9 Å². The van der Waals surface area contributed by atoms with Crippen molar-refractivity contribution in [2.45, 2.75) is 12.7 Å². The maximum Gasteiger partial charge on any atom is 0.418 e. The topological polar surface area (TPSA) is 115 Å². The molecule has 0 unspecified atom stereocenters. The molecule has 0 fully saturated rings. The molecule has 4 rings (SSSR count). The van der Waals surface area contributed by atoms with E-state index in [0.717, 1.165) is 12.1 Å². The minimum Gasteiger partial charge on any atom is -0.334 e. The Morgan fingerprint density at radius 3 is 2.35 bits per heavy atom. The zero-order valence-corrected chi connectivity index (χ0v) is 15.7. The molecule has 2 N–H and O–H groups in total. The average molecular weight is 429 g/mol. The highest BCUT2D eigenvalue weighted by atomic mass is 19.4. The molecular formula is C18H14F3N9O. The number of amides is 2. The first-order chi connectivity index (χ1) is 14.9. The van der Waals surface area contributed by atoms with E-state index in [1.54, 1.807) is 12.1 Å². The largest absolute Gasteiger partial charge is 0.418 e. The van der Waals surface area contributed by atoms with Crippen LogP contribution in [0.15, 0.2) is 61.8 Å². The Labute approximate surface area is 172 Å². The summed E-state index contributed by atoms with van der Waals surface area (Å²) in [6.45, 7) is 0.0643. The second-order valence-corrected chi connectivity index (χ2v) is 6.24. The van der Waals surface area contributed by atoms with Gasteiger partial charge in [-0.05, 0) is 29.8 Å². The van der Waals surface area contributed by atoms with E-state index in [2.05, 4.69) is 35.8 Å². The van der Waals surface area contributed by atoms with Gasteiger partial charge in [0.25, 0.3) is 0 Å². The van der Waals surface area contributed by atoms with Crippen molar-refractivity contribution >= 4 is 11.7 Å². The highest BCUT2D eigenvalue weighted by Crippen LogP contribution is 2.36. The Kier molecular flexibility index (Phi) is 5.30. The SMILES string of the molecule is O=C(NCc1ccc(-n2cncn2)nc1)Nc1ccc(-n2cncn2)cc1C(F)(F)F. The average Bonchev–Trinajstić information content (AvgIpc) is 3.46. The lowest BCUT2D eigenvalue weighted by Crippen LogP contribution is -2.29. The first-order valence-electron chi connectivity index (χ1n) is 8.81. The lowest BCUT2D eigenvalue weighted by molar-refractivity contribution is -0.136. The molecular weight excluding hydrogens is 415 g/mol. The minimum absolute atomic E-state index is 0.0643. The van der Waals surface area contributed by atoms with E-state index in [1.807, 2.05) is 0 Å². The minimum atomic E-state index is -4.68. The molecule has 0 atom stereocenters. The molecule has 0 aliphatic carbocycles. The van der Waals surface area contributed by atoms with Gasteiger partial charge in [-0.15, -0.1) is 0 Å². The van der Waals surface area contributed by atoms with Gasteiger partial charge >= 0.3 is 12.2 Å². The lowest BCUT2D eigenvalue weighted by Gasteiger charge is -2.15. The lowest BCUT2D eigenvalue weighted by atomic mass is 10.1. The van der Waals surface area contributed by atoms with Gasteiger partial charge in [0.2, 0.25) is 0 Å². The van der Waals surface area contributed by atoms with Crippen LogP contribution in [0.3, 0.4) is 0 Å². The van der Waals surface area contributed by atoms with Gasteiger partial charge in [0.05, 0.1) is 16.9 Å². The Morgan fingerprint density at radius 2 is 1.74 bits per heavy atom. The molecule has 13 heteroatoms. The summed E-state index contributed by atoms with van der Waals surface area (Å²) in [4.78, 5) is 23.9. The fourth-order valence-electron chi connectivity index (χ4n) is 2.69. The number of aromatic nitrogens is 7. The number of hydrogen-bond acceptors (Lipinski definition) is 6. The number of carbonyl (C=O) groups excluding carboxylic acids is 1. The zero-order chi connectivity index (χ0) is 21.8. The molecule has 0 aliphatic rings. The van der Waals surface area contributed by atoms with E-state index >= 15 is 0 Å². The van der Waals surface area contributed by atoms with Crippen LogP contribution in [0.5, 0.6) is 0 Å². The molecule has 0 saturated carbocycles. The monoisotopic (exact) mass is 429 g/mol. The second-order valence-electron chi connectivity index (χ2n) is 6.24.